The number of hydrogen-bond acceptors (Lipinski definition) is 3. The molecule has 5 nitrogen and oxygen atoms in total. The predicted molar refractivity (Wildman–Crippen MR) is 68.7 cm³/mol. The molecule has 0 radical (unpaired) electrons. The fraction of sp³-hybridized carbons (Fsp3) is 0.846. The minimum Gasteiger partial charge on any atom is -0.338 e. The lowest BCUT2D eigenvalue weighted by Gasteiger charge is -2.45. The van der Waals surface area contributed by atoms with Gasteiger partial charge in [-0.05, 0) is 6.42 Å². The highest BCUT2D eigenvalue weighted by atomic mass is 16.2. The molecule has 2 saturated heterocycles. The van der Waals surface area contributed by atoms with Gasteiger partial charge in [-0.15, -0.1) is 0 Å². The van der Waals surface area contributed by atoms with Crippen molar-refractivity contribution in [2.24, 2.45) is 11.7 Å². The van der Waals surface area contributed by atoms with Crippen molar-refractivity contribution in [2.75, 3.05) is 19.6 Å². The first-order valence-electron chi connectivity index (χ1n) is 6.86. The van der Waals surface area contributed by atoms with E-state index in [-0.39, 0.29) is 29.8 Å². The summed E-state index contributed by atoms with van der Waals surface area (Å²) in [7, 11) is 0. The molecule has 18 heavy (non-hydrogen) atoms. The lowest BCUT2D eigenvalue weighted by molar-refractivity contribution is -0.147. The predicted octanol–water partition coefficient (Wildman–Crippen LogP) is 0.193. The van der Waals surface area contributed by atoms with Gasteiger partial charge in [-0.1, -0.05) is 20.3 Å². The second kappa shape index (κ2) is 5.26. The third kappa shape index (κ3) is 2.51. The standard InChI is InChI=1S/C13H23N3O2/c1-3-4-9(2)13(18)15-7-11(8-15)16-6-10(14)5-12(16)17/h9-11H,3-8,14H2,1-2H3. The number of hydrogen-bond donors (Lipinski definition) is 1. The summed E-state index contributed by atoms with van der Waals surface area (Å²) in [5, 5.41) is 0. The average molecular weight is 253 g/mol. The molecule has 0 aromatic heterocycles. The van der Waals surface area contributed by atoms with Gasteiger partial charge in [-0.2, -0.15) is 0 Å². The Bertz CT molecular complexity index is 339. The van der Waals surface area contributed by atoms with Crippen LogP contribution in [0.4, 0.5) is 0 Å². The van der Waals surface area contributed by atoms with E-state index in [1.54, 1.807) is 0 Å². The molecule has 0 spiro atoms. The molecule has 0 saturated carbocycles. The largest absolute Gasteiger partial charge is 0.338 e. The molecule has 2 aliphatic rings. The Kier molecular flexibility index (Phi) is 3.90. The Morgan fingerprint density at radius 1 is 1.44 bits per heavy atom. The third-order valence-electron chi connectivity index (χ3n) is 3.95. The minimum atomic E-state index is -0.0266. The van der Waals surface area contributed by atoms with E-state index in [9.17, 15) is 9.59 Å². The number of nitrogens with two attached hydrogens (primary N) is 1. The molecule has 2 aliphatic heterocycles. The summed E-state index contributed by atoms with van der Waals surface area (Å²) in [5.41, 5.74) is 5.77. The first kappa shape index (κ1) is 13.3. The van der Waals surface area contributed by atoms with Crippen LogP contribution in [0.3, 0.4) is 0 Å². The Morgan fingerprint density at radius 2 is 2.11 bits per heavy atom. The van der Waals surface area contributed by atoms with Gasteiger partial charge in [0.05, 0.1) is 6.04 Å². The lowest BCUT2D eigenvalue weighted by atomic mass is 10.00. The Hall–Kier alpha value is -1.10. The minimum absolute atomic E-state index is 0.0266. The molecule has 2 atom stereocenters. The van der Waals surface area contributed by atoms with Crippen LogP contribution in [0, 0.1) is 5.92 Å². The molecular formula is C13H23N3O2. The molecule has 2 rings (SSSR count). The lowest BCUT2D eigenvalue weighted by Crippen LogP contribution is -2.62. The van der Waals surface area contributed by atoms with Gasteiger partial charge < -0.3 is 15.5 Å². The highest BCUT2D eigenvalue weighted by Gasteiger charge is 2.41. The van der Waals surface area contributed by atoms with E-state index in [0.717, 1.165) is 12.8 Å². The summed E-state index contributed by atoms with van der Waals surface area (Å²) < 4.78 is 0. The van der Waals surface area contributed by atoms with Gasteiger partial charge in [-0.25, -0.2) is 0 Å². The van der Waals surface area contributed by atoms with Crippen molar-refractivity contribution in [1.29, 1.82) is 0 Å². The number of carbonyl (C=O) groups is 2. The molecule has 0 aliphatic carbocycles. The second-order valence-electron chi connectivity index (χ2n) is 5.60. The molecule has 2 heterocycles. The monoisotopic (exact) mass is 253 g/mol. The maximum absolute atomic E-state index is 12.0. The van der Waals surface area contributed by atoms with Crippen LogP contribution < -0.4 is 5.73 Å². The molecule has 2 amide bonds. The SMILES string of the molecule is CCCC(C)C(=O)N1CC(N2CC(N)CC2=O)C1. The molecular weight excluding hydrogens is 230 g/mol. The summed E-state index contributed by atoms with van der Waals surface area (Å²) in [4.78, 5) is 27.4. The summed E-state index contributed by atoms with van der Waals surface area (Å²) in [5.74, 6) is 0.470. The molecule has 0 aromatic carbocycles. The van der Waals surface area contributed by atoms with Crippen molar-refractivity contribution in [3.05, 3.63) is 0 Å². The zero-order valence-electron chi connectivity index (χ0n) is 11.3. The van der Waals surface area contributed by atoms with Crippen molar-refractivity contribution in [1.82, 2.24) is 9.80 Å². The summed E-state index contributed by atoms with van der Waals surface area (Å²) in [6, 6.07) is 0.171. The van der Waals surface area contributed by atoms with Gasteiger partial charge in [0.1, 0.15) is 0 Å². The number of likely N-dealkylation sites (tertiary alicyclic amines) is 2. The number of nitrogens with zero attached hydrogens (tertiary/aromatic N) is 2. The second-order valence-corrected chi connectivity index (χ2v) is 5.60. The van der Waals surface area contributed by atoms with Crippen LogP contribution >= 0.6 is 0 Å². The van der Waals surface area contributed by atoms with E-state index in [2.05, 4.69) is 6.92 Å². The summed E-state index contributed by atoms with van der Waals surface area (Å²) >= 11 is 0. The fourth-order valence-corrected chi connectivity index (χ4v) is 2.81. The maximum Gasteiger partial charge on any atom is 0.225 e. The van der Waals surface area contributed by atoms with Crippen LogP contribution in [-0.2, 0) is 9.59 Å². The normalized spacial score (nSPS) is 26.4. The van der Waals surface area contributed by atoms with Crippen LogP contribution in [0.2, 0.25) is 0 Å². The van der Waals surface area contributed by atoms with Gasteiger partial charge >= 0.3 is 0 Å². The average Bonchev–Trinajstić information content (AvgIpc) is 2.56. The number of carbonyl (C=O) groups excluding carboxylic acids is 2. The van der Waals surface area contributed by atoms with Crippen molar-refractivity contribution < 1.29 is 9.59 Å². The zero-order chi connectivity index (χ0) is 13.3. The number of amides is 2. The van der Waals surface area contributed by atoms with Crippen LogP contribution in [0.5, 0.6) is 0 Å². The van der Waals surface area contributed by atoms with Crippen molar-refractivity contribution >= 4 is 11.8 Å². The molecule has 2 unspecified atom stereocenters. The van der Waals surface area contributed by atoms with Gasteiger partial charge in [-0.3, -0.25) is 9.59 Å². The zero-order valence-corrected chi connectivity index (χ0v) is 11.3. The molecule has 2 N–H and O–H groups in total. The van der Waals surface area contributed by atoms with E-state index < -0.39 is 0 Å². The quantitative estimate of drug-likeness (QED) is 0.778. The molecule has 0 bridgehead atoms. The van der Waals surface area contributed by atoms with Gasteiger partial charge in [0.15, 0.2) is 0 Å². The third-order valence-corrected chi connectivity index (χ3v) is 3.95. The van der Waals surface area contributed by atoms with Crippen molar-refractivity contribution in [3.8, 4) is 0 Å². The van der Waals surface area contributed by atoms with Crippen LogP contribution in [0.1, 0.15) is 33.1 Å². The van der Waals surface area contributed by atoms with Crippen LogP contribution in [0.15, 0.2) is 0 Å². The highest BCUT2D eigenvalue weighted by Crippen LogP contribution is 2.23. The topological polar surface area (TPSA) is 66.6 Å². The Morgan fingerprint density at radius 3 is 2.61 bits per heavy atom. The van der Waals surface area contributed by atoms with Crippen LogP contribution in [0.25, 0.3) is 0 Å². The highest BCUT2D eigenvalue weighted by molar-refractivity contribution is 5.82. The summed E-state index contributed by atoms with van der Waals surface area (Å²) in [6.45, 7) is 6.09. The van der Waals surface area contributed by atoms with Crippen LogP contribution in [-0.4, -0.2) is 53.3 Å². The van der Waals surface area contributed by atoms with E-state index in [1.807, 2.05) is 16.7 Å². The maximum atomic E-state index is 12.0. The Balaban J connectivity index is 1.80. The first-order valence-corrected chi connectivity index (χ1v) is 6.86. The van der Waals surface area contributed by atoms with E-state index >= 15 is 0 Å². The van der Waals surface area contributed by atoms with E-state index in [1.165, 1.54) is 0 Å². The van der Waals surface area contributed by atoms with Crippen molar-refractivity contribution in [2.45, 2.75) is 45.2 Å². The molecule has 0 aromatic rings. The molecule has 102 valence electrons. The summed E-state index contributed by atoms with van der Waals surface area (Å²) in [6.07, 6.45) is 2.42. The van der Waals surface area contributed by atoms with Gasteiger partial charge in [0, 0.05) is 38.0 Å². The number of rotatable bonds is 4. The van der Waals surface area contributed by atoms with Gasteiger partial charge in [0.2, 0.25) is 11.8 Å². The van der Waals surface area contributed by atoms with Crippen molar-refractivity contribution in [3.63, 3.8) is 0 Å². The Labute approximate surface area is 108 Å². The fourth-order valence-electron chi connectivity index (χ4n) is 2.81. The molecule has 2 fully saturated rings. The molecule has 5 heteroatoms. The van der Waals surface area contributed by atoms with Gasteiger partial charge in [0.25, 0.3) is 0 Å². The smallest absolute Gasteiger partial charge is 0.225 e. The van der Waals surface area contributed by atoms with E-state index in [0.29, 0.717) is 26.1 Å². The van der Waals surface area contributed by atoms with E-state index in [4.69, 9.17) is 5.73 Å². The first-order chi connectivity index (χ1) is 8.52.